The van der Waals surface area contributed by atoms with Crippen molar-refractivity contribution in [2.24, 2.45) is 5.92 Å². The molecular formula is C17H23FN2O2. The molecule has 1 fully saturated rings. The third kappa shape index (κ3) is 3.64. The summed E-state index contributed by atoms with van der Waals surface area (Å²) in [6.45, 7) is 4.69. The number of amides is 2. The Bertz CT molecular complexity index is 544. The Balaban J connectivity index is 2.04. The molecule has 0 N–H and O–H groups in total. The van der Waals surface area contributed by atoms with E-state index in [9.17, 15) is 14.0 Å². The first-order valence-electron chi connectivity index (χ1n) is 7.67. The second-order valence-corrected chi connectivity index (χ2v) is 5.98. The summed E-state index contributed by atoms with van der Waals surface area (Å²) in [6.07, 6.45) is 1.66. The molecule has 22 heavy (non-hydrogen) atoms. The van der Waals surface area contributed by atoms with Crippen molar-refractivity contribution in [3.63, 3.8) is 0 Å². The van der Waals surface area contributed by atoms with Crippen LogP contribution < -0.4 is 0 Å². The number of nitrogens with zero attached hydrogens (tertiary/aromatic N) is 2. The van der Waals surface area contributed by atoms with Gasteiger partial charge in [0, 0.05) is 27.1 Å². The van der Waals surface area contributed by atoms with Crippen LogP contribution in [0.4, 0.5) is 4.39 Å². The van der Waals surface area contributed by atoms with E-state index in [0.717, 1.165) is 24.9 Å². The van der Waals surface area contributed by atoms with E-state index in [4.69, 9.17) is 0 Å². The van der Waals surface area contributed by atoms with Crippen molar-refractivity contribution in [1.29, 1.82) is 0 Å². The summed E-state index contributed by atoms with van der Waals surface area (Å²) in [5.41, 5.74) is 0.900. The van der Waals surface area contributed by atoms with Gasteiger partial charge in [-0.25, -0.2) is 4.39 Å². The smallest absolute Gasteiger partial charge is 0.227 e. The highest BCUT2D eigenvalue weighted by molar-refractivity contribution is 5.81. The Labute approximate surface area is 130 Å². The minimum atomic E-state index is -0.283. The highest BCUT2D eigenvalue weighted by Gasteiger charge is 2.30. The molecule has 1 aromatic rings. The Morgan fingerprint density at radius 3 is 2.55 bits per heavy atom. The summed E-state index contributed by atoms with van der Waals surface area (Å²) in [5, 5.41) is 0. The molecule has 1 aliphatic rings. The first kappa shape index (κ1) is 16.5. The van der Waals surface area contributed by atoms with E-state index in [1.54, 1.807) is 29.0 Å². The van der Waals surface area contributed by atoms with Crippen molar-refractivity contribution >= 4 is 11.8 Å². The molecule has 4 nitrogen and oxygen atoms in total. The van der Waals surface area contributed by atoms with Gasteiger partial charge in [-0.2, -0.15) is 0 Å². The summed E-state index contributed by atoms with van der Waals surface area (Å²) in [4.78, 5) is 27.6. The van der Waals surface area contributed by atoms with Crippen LogP contribution in [0.5, 0.6) is 0 Å². The van der Waals surface area contributed by atoms with Crippen molar-refractivity contribution in [2.45, 2.75) is 32.7 Å². The highest BCUT2D eigenvalue weighted by Crippen LogP contribution is 2.24. The number of hydrogen-bond donors (Lipinski definition) is 0. The zero-order valence-corrected chi connectivity index (χ0v) is 13.4. The van der Waals surface area contributed by atoms with Crippen LogP contribution >= 0.6 is 0 Å². The molecule has 2 atom stereocenters. The summed E-state index contributed by atoms with van der Waals surface area (Å²) in [6, 6.07) is 6.09. The Morgan fingerprint density at radius 2 is 1.95 bits per heavy atom. The van der Waals surface area contributed by atoms with Gasteiger partial charge in [0.15, 0.2) is 0 Å². The third-order valence-electron chi connectivity index (χ3n) is 4.50. The molecule has 5 heteroatoms. The molecule has 0 spiro atoms. The molecule has 0 aromatic heterocycles. The maximum Gasteiger partial charge on any atom is 0.227 e. The average molecular weight is 306 g/mol. The van der Waals surface area contributed by atoms with E-state index >= 15 is 0 Å². The maximum atomic E-state index is 13.0. The van der Waals surface area contributed by atoms with Crippen LogP contribution in [0.25, 0.3) is 0 Å². The molecule has 0 saturated carbocycles. The van der Waals surface area contributed by atoms with Gasteiger partial charge in [0.2, 0.25) is 11.8 Å². The van der Waals surface area contributed by atoms with Crippen LogP contribution in [0.1, 0.15) is 38.3 Å². The number of benzene rings is 1. The molecule has 1 saturated heterocycles. The van der Waals surface area contributed by atoms with Crippen LogP contribution in [0.2, 0.25) is 0 Å². The number of likely N-dealkylation sites (tertiary alicyclic amines) is 1. The number of halogens is 1. The van der Waals surface area contributed by atoms with E-state index in [-0.39, 0.29) is 29.6 Å². The number of carbonyl (C=O) groups excluding carboxylic acids is 2. The summed E-state index contributed by atoms with van der Waals surface area (Å²) in [7, 11) is 1.77. The molecule has 2 rings (SSSR count). The molecule has 0 bridgehead atoms. The topological polar surface area (TPSA) is 40.6 Å². The van der Waals surface area contributed by atoms with Crippen molar-refractivity contribution in [3.05, 3.63) is 35.6 Å². The summed E-state index contributed by atoms with van der Waals surface area (Å²) >= 11 is 0. The molecule has 1 aliphatic heterocycles. The molecule has 0 radical (unpaired) electrons. The van der Waals surface area contributed by atoms with E-state index in [1.165, 1.54) is 19.1 Å². The highest BCUT2D eigenvalue weighted by atomic mass is 19.1. The normalized spacial score (nSPS) is 19.6. The molecule has 1 aromatic carbocycles. The monoisotopic (exact) mass is 306 g/mol. The zero-order chi connectivity index (χ0) is 16.3. The lowest BCUT2D eigenvalue weighted by Crippen LogP contribution is -2.45. The van der Waals surface area contributed by atoms with Gasteiger partial charge in [0.1, 0.15) is 5.82 Å². The lowest BCUT2D eigenvalue weighted by atomic mass is 9.95. The maximum absolute atomic E-state index is 13.0. The average Bonchev–Trinajstić information content (AvgIpc) is 2.53. The van der Waals surface area contributed by atoms with Crippen molar-refractivity contribution in [3.8, 4) is 0 Å². The molecule has 120 valence electrons. The lowest BCUT2D eigenvalue weighted by Gasteiger charge is -2.35. The lowest BCUT2D eigenvalue weighted by molar-refractivity contribution is -0.140. The number of piperidine rings is 1. The van der Waals surface area contributed by atoms with Gasteiger partial charge < -0.3 is 9.80 Å². The second kappa shape index (κ2) is 6.90. The van der Waals surface area contributed by atoms with Crippen molar-refractivity contribution in [1.82, 2.24) is 9.80 Å². The van der Waals surface area contributed by atoms with Crippen molar-refractivity contribution < 1.29 is 14.0 Å². The predicted octanol–water partition coefficient (Wildman–Crippen LogP) is 2.60. The van der Waals surface area contributed by atoms with E-state index < -0.39 is 0 Å². The van der Waals surface area contributed by atoms with E-state index in [0.29, 0.717) is 6.54 Å². The van der Waals surface area contributed by atoms with Crippen LogP contribution in [0.15, 0.2) is 24.3 Å². The first-order chi connectivity index (χ1) is 10.4. The zero-order valence-electron chi connectivity index (χ0n) is 13.4. The number of hydrogen-bond acceptors (Lipinski definition) is 2. The Hall–Kier alpha value is -1.91. The standard InChI is InChI=1S/C17H23FN2O2/c1-12(14-6-8-16(18)9-7-14)19(3)17(22)15-5-4-10-20(11-15)13(2)21/h6-9,12,15H,4-5,10-11H2,1-3H3/t12-,15-/m1/s1. The van der Waals surface area contributed by atoms with Gasteiger partial charge in [-0.3, -0.25) is 9.59 Å². The van der Waals surface area contributed by atoms with Crippen LogP contribution in [0, 0.1) is 11.7 Å². The molecule has 0 aliphatic carbocycles. The molecular weight excluding hydrogens is 283 g/mol. The number of carbonyl (C=O) groups is 2. The van der Waals surface area contributed by atoms with Crippen LogP contribution in [-0.2, 0) is 9.59 Å². The summed E-state index contributed by atoms with van der Waals surface area (Å²) < 4.78 is 13.0. The molecule has 1 heterocycles. The molecule has 2 amide bonds. The summed E-state index contributed by atoms with van der Waals surface area (Å²) in [5.74, 6) is -0.366. The Morgan fingerprint density at radius 1 is 1.32 bits per heavy atom. The largest absolute Gasteiger partial charge is 0.342 e. The third-order valence-corrected chi connectivity index (χ3v) is 4.50. The fraction of sp³-hybridized carbons (Fsp3) is 0.529. The van der Waals surface area contributed by atoms with Gasteiger partial charge >= 0.3 is 0 Å². The minimum Gasteiger partial charge on any atom is -0.342 e. The quantitative estimate of drug-likeness (QED) is 0.861. The van der Waals surface area contributed by atoms with Gasteiger partial charge in [-0.15, -0.1) is 0 Å². The first-order valence-corrected chi connectivity index (χ1v) is 7.67. The second-order valence-electron chi connectivity index (χ2n) is 5.98. The minimum absolute atomic E-state index is 0.0201. The SMILES string of the molecule is CC(=O)N1CCC[C@@H](C(=O)N(C)[C@H](C)c2ccc(F)cc2)C1. The van der Waals surface area contributed by atoms with Crippen molar-refractivity contribution in [2.75, 3.05) is 20.1 Å². The van der Waals surface area contributed by atoms with Crippen LogP contribution in [0.3, 0.4) is 0 Å². The van der Waals surface area contributed by atoms with Gasteiger partial charge in [-0.05, 0) is 37.5 Å². The van der Waals surface area contributed by atoms with Gasteiger partial charge in [0.25, 0.3) is 0 Å². The molecule has 0 unspecified atom stereocenters. The van der Waals surface area contributed by atoms with E-state index in [2.05, 4.69) is 0 Å². The number of rotatable bonds is 3. The van der Waals surface area contributed by atoms with E-state index in [1.807, 2.05) is 6.92 Å². The Kier molecular flexibility index (Phi) is 5.16. The van der Waals surface area contributed by atoms with Crippen LogP contribution in [-0.4, -0.2) is 41.8 Å². The van der Waals surface area contributed by atoms with Gasteiger partial charge in [-0.1, -0.05) is 12.1 Å². The fourth-order valence-electron chi connectivity index (χ4n) is 2.91. The predicted molar refractivity (Wildman–Crippen MR) is 82.6 cm³/mol. The van der Waals surface area contributed by atoms with Gasteiger partial charge in [0.05, 0.1) is 12.0 Å². The fourth-order valence-corrected chi connectivity index (χ4v) is 2.91.